The molecular formula is C9H12ClN5S. The van der Waals surface area contributed by atoms with Crippen molar-refractivity contribution in [2.45, 2.75) is 33.2 Å². The highest BCUT2D eigenvalue weighted by Crippen LogP contribution is 2.18. The van der Waals surface area contributed by atoms with Crippen molar-refractivity contribution in [3.05, 3.63) is 21.7 Å². The van der Waals surface area contributed by atoms with Gasteiger partial charge in [0.2, 0.25) is 0 Å². The number of nitrogens with zero attached hydrogens (tertiary/aromatic N) is 5. The molecule has 0 aliphatic carbocycles. The molecule has 2 aromatic heterocycles. The van der Waals surface area contributed by atoms with Crippen molar-refractivity contribution in [1.82, 2.24) is 24.4 Å². The Morgan fingerprint density at radius 3 is 2.69 bits per heavy atom. The molecule has 0 saturated carbocycles. The van der Waals surface area contributed by atoms with Crippen LogP contribution in [0.15, 0.2) is 0 Å². The highest BCUT2D eigenvalue weighted by atomic mass is 35.5. The van der Waals surface area contributed by atoms with Crippen molar-refractivity contribution >= 4 is 23.1 Å². The van der Waals surface area contributed by atoms with E-state index in [1.807, 2.05) is 11.6 Å². The summed E-state index contributed by atoms with van der Waals surface area (Å²) in [4.78, 5) is 4.42. The first-order chi connectivity index (χ1) is 7.74. The summed E-state index contributed by atoms with van der Waals surface area (Å²) >= 11 is 7.15. The molecule has 0 unspecified atom stereocenters. The van der Waals surface area contributed by atoms with Crippen molar-refractivity contribution in [2.75, 3.05) is 0 Å². The summed E-state index contributed by atoms with van der Waals surface area (Å²) in [5, 5.41) is 8.37. The third-order valence-electron chi connectivity index (χ3n) is 2.23. The average Bonchev–Trinajstić information content (AvgIpc) is 2.86. The van der Waals surface area contributed by atoms with Gasteiger partial charge in [-0.15, -0.1) is 5.10 Å². The van der Waals surface area contributed by atoms with Gasteiger partial charge >= 0.3 is 0 Å². The Morgan fingerprint density at radius 2 is 2.12 bits per heavy atom. The number of rotatable bonds is 4. The van der Waals surface area contributed by atoms with E-state index >= 15 is 0 Å². The van der Waals surface area contributed by atoms with Gasteiger partial charge in [0.05, 0.1) is 6.54 Å². The molecule has 7 heteroatoms. The summed E-state index contributed by atoms with van der Waals surface area (Å²) < 4.78 is 6.27. The molecule has 2 aromatic rings. The van der Waals surface area contributed by atoms with Crippen LogP contribution in [0.3, 0.4) is 0 Å². The molecule has 0 radical (unpaired) electrons. The fourth-order valence-electron chi connectivity index (χ4n) is 1.40. The smallest absolute Gasteiger partial charge is 0.150 e. The Kier molecular flexibility index (Phi) is 3.50. The minimum absolute atomic E-state index is 0.547. The Balaban J connectivity index is 2.26. The van der Waals surface area contributed by atoms with Crippen molar-refractivity contribution in [3.8, 4) is 0 Å². The normalized spacial score (nSPS) is 10.9. The summed E-state index contributed by atoms with van der Waals surface area (Å²) in [6, 6.07) is 0. The van der Waals surface area contributed by atoms with Gasteiger partial charge < -0.3 is 0 Å². The number of hydrogen-bond acceptors (Lipinski definition) is 5. The van der Waals surface area contributed by atoms with E-state index in [-0.39, 0.29) is 0 Å². The van der Waals surface area contributed by atoms with Crippen LogP contribution in [-0.4, -0.2) is 24.4 Å². The van der Waals surface area contributed by atoms with E-state index in [2.05, 4.69) is 26.6 Å². The van der Waals surface area contributed by atoms with Crippen LogP contribution in [0.5, 0.6) is 0 Å². The summed E-state index contributed by atoms with van der Waals surface area (Å²) in [6.07, 6.45) is 1.69. The molecule has 16 heavy (non-hydrogen) atoms. The summed E-state index contributed by atoms with van der Waals surface area (Å²) in [6.45, 7) is 4.64. The van der Waals surface area contributed by atoms with Crippen LogP contribution in [0.1, 0.15) is 31.2 Å². The molecule has 0 aliphatic rings. The second-order valence-electron chi connectivity index (χ2n) is 3.30. The van der Waals surface area contributed by atoms with E-state index < -0.39 is 0 Å². The molecule has 0 fully saturated rings. The zero-order valence-electron chi connectivity index (χ0n) is 9.14. The van der Waals surface area contributed by atoms with Crippen LogP contribution in [0.25, 0.3) is 0 Å². The molecule has 0 spiro atoms. The second kappa shape index (κ2) is 4.88. The van der Waals surface area contributed by atoms with Gasteiger partial charge in [-0.1, -0.05) is 29.9 Å². The topological polar surface area (TPSA) is 56.5 Å². The molecule has 0 amide bonds. The second-order valence-corrected chi connectivity index (χ2v) is 4.66. The largest absolute Gasteiger partial charge is 0.244 e. The Bertz CT molecular complexity index is 478. The predicted molar refractivity (Wildman–Crippen MR) is 62.8 cm³/mol. The van der Waals surface area contributed by atoms with Crippen molar-refractivity contribution < 1.29 is 0 Å². The fourth-order valence-corrected chi connectivity index (χ4v) is 2.01. The highest BCUT2D eigenvalue weighted by molar-refractivity contribution is 7.10. The average molecular weight is 258 g/mol. The van der Waals surface area contributed by atoms with Gasteiger partial charge in [-0.25, -0.2) is 9.67 Å². The van der Waals surface area contributed by atoms with Crippen molar-refractivity contribution in [2.24, 2.45) is 0 Å². The molecule has 0 N–H and O–H groups in total. The zero-order chi connectivity index (χ0) is 11.5. The van der Waals surface area contributed by atoms with Gasteiger partial charge in [-0.05, 0) is 0 Å². The number of hydrogen-bond donors (Lipinski definition) is 0. The lowest BCUT2D eigenvalue weighted by molar-refractivity contribution is 0.625. The van der Waals surface area contributed by atoms with Gasteiger partial charge in [0, 0.05) is 24.4 Å². The first-order valence-electron chi connectivity index (χ1n) is 5.13. The SMILES string of the molecule is CCc1nc(CC)n(Cc2nnsc2Cl)n1. The minimum atomic E-state index is 0.547. The lowest BCUT2D eigenvalue weighted by atomic mass is 10.4. The fraction of sp³-hybridized carbons (Fsp3) is 0.556. The van der Waals surface area contributed by atoms with E-state index in [9.17, 15) is 0 Å². The minimum Gasteiger partial charge on any atom is -0.244 e. The van der Waals surface area contributed by atoms with Crippen LogP contribution in [-0.2, 0) is 19.4 Å². The van der Waals surface area contributed by atoms with E-state index in [0.717, 1.165) is 30.2 Å². The van der Waals surface area contributed by atoms with E-state index in [4.69, 9.17) is 11.6 Å². The summed E-state index contributed by atoms with van der Waals surface area (Å²) in [7, 11) is 0. The molecule has 0 saturated heterocycles. The van der Waals surface area contributed by atoms with Crippen LogP contribution >= 0.6 is 23.1 Å². The Morgan fingerprint density at radius 1 is 1.31 bits per heavy atom. The highest BCUT2D eigenvalue weighted by Gasteiger charge is 2.11. The van der Waals surface area contributed by atoms with Gasteiger partial charge in [0.25, 0.3) is 0 Å². The van der Waals surface area contributed by atoms with Gasteiger partial charge in [-0.3, -0.25) is 0 Å². The lowest BCUT2D eigenvalue weighted by Crippen LogP contribution is -2.07. The Labute approximate surface area is 103 Å². The van der Waals surface area contributed by atoms with Crippen molar-refractivity contribution in [3.63, 3.8) is 0 Å². The lowest BCUT2D eigenvalue weighted by Gasteiger charge is -2.00. The maximum atomic E-state index is 5.96. The van der Waals surface area contributed by atoms with E-state index in [1.165, 1.54) is 11.5 Å². The third kappa shape index (κ3) is 2.22. The zero-order valence-corrected chi connectivity index (χ0v) is 10.7. The van der Waals surface area contributed by atoms with Crippen LogP contribution in [0.2, 0.25) is 4.34 Å². The van der Waals surface area contributed by atoms with Crippen LogP contribution in [0.4, 0.5) is 0 Å². The quantitative estimate of drug-likeness (QED) is 0.840. The number of halogens is 1. The maximum absolute atomic E-state index is 5.96. The monoisotopic (exact) mass is 257 g/mol. The van der Waals surface area contributed by atoms with Crippen molar-refractivity contribution in [1.29, 1.82) is 0 Å². The molecule has 86 valence electrons. The van der Waals surface area contributed by atoms with Crippen LogP contribution < -0.4 is 0 Å². The molecule has 5 nitrogen and oxygen atoms in total. The summed E-state index contributed by atoms with van der Waals surface area (Å²) in [5.74, 6) is 1.82. The van der Waals surface area contributed by atoms with E-state index in [1.54, 1.807) is 0 Å². The molecular weight excluding hydrogens is 246 g/mol. The van der Waals surface area contributed by atoms with Crippen LogP contribution in [0, 0.1) is 0 Å². The van der Waals surface area contributed by atoms with Gasteiger partial charge in [-0.2, -0.15) is 5.10 Å². The standard InChI is InChI=1S/C9H12ClN5S/c1-3-7-11-8(4-2)15(13-7)5-6-9(10)16-14-12-6/h3-5H2,1-2H3. The molecule has 0 bridgehead atoms. The van der Waals surface area contributed by atoms with Gasteiger partial charge in [0.1, 0.15) is 15.9 Å². The number of aryl methyl sites for hydroxylation is 2. The molecule has 0 atom stereocenters. The number of aromatic nitrogens is 5. The summed E-state index contributed by atoms with van der Waals surface area (Å²) in [5.41, 5.74) is 0.758. The first kappa shape index (κ1) is 11.5. The Hall–Kier alpha value is -1.01. The maximum Gasteiger partial charge on any atom is 0.150 e. The molecule has 0 aliphatic heterocycles. The molecule has 2 rings (SSSR count). The molecule has 0 aromatic carbocycles. The third-order valence-corrected chi connectivity index (χ3v) is 3.22. The van der Waals surface area contributed by atoms with E-state index in [0.29, 0.717) is 10.9 Å². The predicted octanol–water partition coefficient (Wildman–Crippen LogP) is 1.96. The first-order valence-corrected chi connectivity index (χ1v) is 6.29. The van der Waals surface area contributed by atoms with Gasteiger partial charge in [0.15, 0.2) is 5.82 Å². The molecule has 2 heterocycles.